The summed E-state index contributed by atoms with van der Waals surface area (Å²) >= 11 is 6.34. The summed E-state index contributed by atoms with van der Waals surface area (Å²) < 4.78 is 6.40. The zero-order valence-electron chi connectivity index (χ0n) is 12.8. The van der Waals surface area contributed by atoms with Crippen LogP contribution in [-0.4, -0.2) is 36.7 Å². The average Bonchev–Trinajstić information content (AvgIpc) is 2.48. The minimum Gasteiger partial charge on any atom is -0.482 e. The lowest BCUT2D eigenvalue weighted by Gasteiger charge is -2.42. The molecule has 1 spiro atoms. The zero-order chi connectivity index (χ0) is 15.0. The van der Waals surface area contributed by atoms with Gasteiger partial charge in [0.25, 0.3) is 0 Å². The summed E-state index contributed by atoms with van der Waals surface area (Å²) in [4.78, 5) is 2.41. The molecule has 3 nitrogen and oxygen atoms in total. The van der Waals surface area contributed by atoms with Crippen LogP contribution in [0.2, 0.25) is 5.02 Å². The van der Waals surface area contributed by atoms with Crippen molar-refractivity contribution in [2.75, 3.05) is 26.2 Å². The Morgan fingerprint density at radius 1 is 1.33 bits per heavy atom. The largest absolute Gasteiger partial charge is 0.482 e. The number of ether oxygens (including phenoxy) is 1. The highest BCUT2D eigenvalue weighted by Crippen LogP contribution is 2.41. The van der Waals surface area contributed by atoms with Crippen LogP contribution in [0.4, 0.5) is 0 Å². The second kappa shape index (κ2) is 5.64. The SMILES string of the molecule is Cc1cc2c(c(C)c1Cl)C=CC1(CCN(CCN)CC1)O2. The molecule has 0 saturated carbocycles. The molecule has 2 aliphatic heterocycles. The molecule has 114 valence electrons. The first-order valence-corrected chi connectivity index (χ1v) is 8.03. The van der Waals surface area contributed by atoms with Gasteiger partial charge in [0.05, 0.1) is 0 Å². The lowest BCUT2D eigenvalue weighted by Crippen LogP contribution is -2.48. The molecular weight excluding hydrogens is 284 g/mol. The molecule has 1 fully saturated rings. The van der Waals surface area contributed by atoms with E-state index in [1.54, 1.807) is 0 Å². The second-order valence-corrected chi connectivity index (χ2v) is 6.55. The molecule has 1 saturated heterocycles. The van der Waals surface area contributed by atoms with Crippen LogP contribution in [0.1, 0.15) is 29.5 Å². The topological polar surface area (TPSA) is 38.5 Å². The first-order valence-electron chi connectivity index (χ1n) is 7.65. The van der Waals surface area contributed by atoms with Gasteiger partial charge in [0, 0.05) is 49.6 Å². The second-order valence-electron chi connectivity index (χ2n) is 6.17. The van der Waals surface area contributed by atoms with Gasteiger partial charge in [0.1, 0.15) is 11.4 Å². The van der Waals surface area contributed by atoms with E-state index >= 15 is 0 Å². The van der Waals surface area contributed by atoms with Crippen LogP contribution < -0.4 is 10.5 Å². The van der Waals surface area contributed by atoms with Crippen LogP contribution in [0.3, 0.4) is 0 Å². The van der Waals surface area contributed by atoms with Crippen molar-refractivity contribution >= 4 is 17.7 Å². The molecule has 1 aromatic rings. The van der Waals surface area contributed by atoms with Crippen molar-refractivity contribution in [3.8, 4) is 5.75 Å². The quantitative estimate of drug-likeness (QED) is 0.912. The summed E-state index contributed by atoms with van der Waals surface area (Å²) in [6.45, 7) is 7.88. The van der Waals surface area contributed by atoms with E-state index in [2.05, 4.69) is 30.0 Å². The van der Waals surface area contributed by atoms with Crippen molar-refractivity contribution in [3.05, 3.63) is 33.9 Å². The van der Waals surface area contributed by atoms with E-state index in [0.29, 0.717) is 0 Å². The number of nitrogens with zero attached hydrogens (tertiary/aromatic N) is 1. The number of likely N-dealkylation sites (tertiary alicyclic amines) is 1. The van der Waals surface area contributed by atoms with E-state index in [1.807, 2.05) is 6.92 Å². The molecule has 2 heterocycles. The van der Waals surface area contributed by atoms with E-state index in [-0.39, 0.29) is 5.60 Å². The number of benzene rings is 1. The molecule has 0 radical (unpaired) electrons. The van der Waals surface area contributed by atoms with Gasteiger partial charge in [-0.15, -0.1) is 0 Å². The van der Waals surface area contributed by atoms with Crippen molar-refractivity contribution in [1.82, 2.24) is 4.90 Å². The van der Waals surface area contributed by atoms with Crippen molar-refractivity contribution < 1.29 is 4.74 Å². The van der Waals surface area contributed by atoms with Crippen LogP contribution >= 0.6 is 11.6 Å². The number of hydrogen-bond donors (Lipinski definition) is 1. The standard InChI is InChI=1S/C17H23ClN2O/c1-12-11-15-14(13(2)16(12)18)3-4-17(21-15)5-8-20(9-6-17)10-7-19/h3-4,11H,5-10,19H2,1-2H3. The number of aryl methyl sites for hydroxylation is 1. The van der Waals surface area contributed by atoms with Gasteiger partial charge in [-0.1, -0.05) is 17.7 Å². The van der Waals surface area contributed by atoms with Gasteiger partial charge in [0.15, 0.2) is 0 Å². The van der Waals surface area contributed by atoms with Gasteiger partial charge in [-0.3, -0.25) is 0 Å². The van der Waals surface area contributed by atoms with E-state index in [0.717, 1.165) is 66.5 Å². The molecule has 1 aromatic carbocycles. The van der Waals surface area contributed by atoms with E-state index < -0.39 is 0 Å². The van der Waals surface area contributed by atoms with Gasteiger partial charge in [-0.05, 0) is 37.1 Å². The van der Waals surface area contributed by atoms with Crippen LogP contribution in [-0.2, 0) is 0 Å². The van der Waals surface area contributed by atoms with Gasteiger partial charge in [0.2, 0.25) is 0 Å². The molecule has 3 rings (SSSR count). The number of halogens is 1. The number of piperidine rings is 1. The molecule has 4 heteroatoms. The van der Waals surface area contributed by atoms with E-state index in [4.69, 9.17) is 22.1 Å². The van der Waals surface area contributed by atoms with E-state index in [1.165, 1.54) is 0 Å². The average molecular weight is 307 g/mol. The summed E-state index contributed by atoms with van der Waals surface area (Å²) in [5.41, 5.74) is 8.81. The fourth-order valence-corrected chi connectivity index (χ4v) is 3.48. The normalized spacial score (nSPS) is 20.4. The Morgan fingerprint density at radius 2 is 2.05 bits per heavy atom. The molecular formula is C17H23ClN2O. The highest BCUT2D eigenvalue weighted by molar-refractivity contribution is 6.32. The molecule has 2 aliphatic rings. The summed E-state index contributed by atoms with van der Waals surface area (Å²) in [5.74, 6) is 0.976. The summed E-state index contributed by atoms with van der Waals surface area (Å²) in [6, 6.07) is 2.07. The maximum atomic E-state index is 6.40. The monoisotopic (exact) mass is 306 g/mol. The fourth-order valence-electron chi connectivity index (χ4n) is 3.32. The highest BCUT2D eigenvalue weighted by Gasteiger charge is 2.37. The van der Waals surface area contributed by atoms with Gasteiger partial charge in [-0.25, -0.2) is 0 Å². The molecule has 2 N–H and O–H groups in total. The lowest BCUT2D eigenvalue weighted by molar-refractivity contribution is 0.0397. The number of hydrogen-bond acceptors (Lipinski definition) is 3. The van der Waals surface area contributed by atoms with Gasteiger partial charge < -0.3 is 15.4 Å². The number of nitrogens with two attached hydrogens (primary N) is 1. The summed E-state index contributed by atoms with van der Waals surface area (Å²) in [7, 11) is 0. The Bertz CT molecular complexity index is 575. The van der Waals surface area contributed by atoms with Gasteiger partial charge >= 0.3 is 0 Å². The predicted molar refractivity (Wildman–Crippen MR) is 88.0 cm³/mol. The third kappa shape index (κ3) is 2.70. The molecule has 0 bridgehead atoms. The lowest BCUT2D eigenvalue weighted by atomic mass is 9.87. The number of rotatable bonds is 2. The maximum Gasteiger partial charge on any atom is 0.130 e. The highest BCUT2D eigenvalue weighted by atomic mass is 35.5. The third-order valence-electron chi connectivity index (χ3n) is 4.71. The van der Waals surface area contributed by atoms with Crippen molar-refractivity contribution in [3.63, 3.8) is 0 Å². The molecule has 0 aromatic heterocycles. The predicted octanol–water partition coefficient (Wildman–Crippen LogP) is 3.16. The molecule has 21 heavy (non-hydrogen) atoms. The van der Waals surface area contributed by atoms with Crippen LogP contribution in [0.15, 0.2) is 12.1 Å². The summed E-state index contributed by atoms with van der Waals surface area (Å²) in [5, 5.41) is 0.843. The minimum atomic E-state index is -0.148. The molecule has 0 atom stereocenters. The molecule has 0 aliphatic carbocycles. The van der Waals surface area contributed by atoms with Crippen molar-refractivity contribution in [1.29, 1.82) is 0 Å². The Morgan fingerprint density at radius 3 is 2.71 bits per heavy atom. The van der Waals surface area contributed by atoms with Crippen molar-refractivity contribution in [2.45, 2.75) is 32.3 Å². The van der Waals surface area contributed by atoms with Crippen molar-refractivity contribution in [2.24, 2.45) is 5.73 Å². The van der Waals surface area contributed by atoms with Crippen LogP contribution in [0, 0.1) is 13.8 Å². The van der Waals surface area contributed by atoms with E-state index in [9.17, 15) is 0 Å². The molecule has 0 unspecified atom stereocenters. The summed E-state index contributed by atoms with van der Waals surface area (Å²) in [6.07, 6.45) is 6.46. The number of fused-ring (bicyclic) bond motifs is 1. The third-order valence-corrected chi connectivity index (χ3v) is 5.29. The maximum absolute atomic E-state index is 6.40. The van der Waals surface area contributed by atoms with Gasteiger partial charge in [-0.2, -0.15) is 0 Å². The Hall–Kier alpha value is -1.03. The Labute approximate surface area is 131 Å². The molecule has 0 amide bonds. The first kappa shape index (κ1) is 14.9. The van der Waals surface area contributed by atoms with Crippen LogP contribution in [0.25, 0.3) is 6.08 Å². The zero-order valence-corrected chi connectivity index (χ0v) is 13.5. The minimum absolute atomic E-state index is 0.148. The first-order chi connectivity index (χ1) is 10.0. The van der Waals surface area contributed by atoms with Crippen LogP contribution in [0.5, 0.6) is 5.75 Å². The smallest absolute Gasteiger partial charge is 0.130 e. The fraction of sp³-hybridized carbons (Fsp3) is 0.529. The Balaban J connectivity index is 1.83. The Kier molecular flexibility index (Phi) is 4.00.